The highest BCUT2D eigenvalue weighted by Gasteiger charge is 2.44. The number of amides is 2. The monoisotopic (exact) mass is 462 g/mol. The smallest absolute Gasteiger partial charge is 0.416 e. The zero-order valence-corrected chi connectivity index (χ0v) is 17.8. The zero-order chi connectivity index (χ0) is 23.2. The number of urea groups is 1. The normalized spacial score (nSPS) is 25.9. The van der Waals surface area contributed by atoms with Gasteiger partial charge in [-0.05, 0) is 54.8 Å². The van der Waals surface area contributed by atoms with Crippen molar-refractivity contribution in [2.24, 2.45) is 0 Å². The van der Waals surface area contributed by atoms with Crippen LogP contribution in [-0.2, 0) is 16.5 Å². The Morgan fingerprint density at radius 2 is 1.64 bits per heavy atom. The lowest BCUT2D eigenvalue weighted by atomic mass is 9.92. The highest BCUT2D eigenvalue weighted by molar-refractivity contribution is 5.90. The minimum Gasteiger partial charge on any atom is -0.490 e. The van der Waals surface area contributed by atoms with Crippen LogP contribution in [0.5, 0.6) is 5.75 Å². The molecule has 0 saturated carbocycles. The maximum Gasteiger partial charge on any atom is 0.416 e. The Morgan fingerprint density at radius 3 is 2.15 bits per heavy atom. The lowest BCUT2D eigenvalue weighted by molar-refractivity contribution is -0.184. The van der Waals surface area contributed by atoms with E-state index in [1.54, 1.807) is 24.3 Å². The number of nitrogens with zero attached hydrogens (tertiary/aromatic N) is 1. The van der Waals surface area contributed by atoms with Crippen LogP contribution < -0.4 is 10.1 Å². The quantitative estimate of drug-likeness (QED) is 0.701. The molecule has 2 aromatic carbocycles. The molecule has 3 saturated heterocycles. The highest BCUT2D eigenvalue weighted by Crippen LogP contribution is 2.38. The molecule has 2 atom stereocenters. The summed E-state index contributed by atoms with van der Waals surface area (Å²) in [4.78, 5) is 14.8. The van der Waals surface area contributed by atoms with Gasteiger partial charge in [-0.25, -0.2) is 4.79 Å². The van der Waals surface area contributed by atoms with Crippen LogP contribution in [0.15, 0.2) is 48.5 Å². The van der Waals surface area contributed by atoms with E-state index in [9.17, 15) is 23.1 Å². The molecular formula is C24H25F3N2O4. The van der Waals surface area contributed by atoms with Crippen molar-refractivity contribution in [1.82, 2.24) is 4.90 Å². The fourth-order valence-corrected chi connectivity index (χ4v) is 4.98. The number of carbonyl (C=O) groups is 1. The fraction of sp³-hybridized carbons (Fsp3) is 0.458. The second-order valence-corrected chi connectivity index (χ2v) is 9.06. The van der Waals surface area contributed by atoms with E-state index in [1.807, 2.05) is 4.90 Å². The number of alkyl halides is 3. The number of rotatable bonds is 4. The first-order chi connectivity index (χ1) is 15.7. The van der Waals surface area contributed by atoms with Gasteiger partial charge in [0.15, 0.2) is 0 Å². The van der Waals surface area contributed by atoms with Gasteiger partial charge in [-0.3, -0.25) is 0 Å². The summed E-state index contributed by atoms with van der Waals surface area (Å²) >= 11 is 0. The summed E-state index contributed by atoms with van der Waals surface area (Å²) in [7, 11) is 0. The molecule has 2 aromatic rings. The van der Waals surface area contributed by atoms with Crippen molar-refractivity contribution in [2.45, 2.75) is 55.6 Å². The molecule has 2 amide bonds. The number of aliphatic hydroxyl groups is 1. The molecule has 2 bridgehead atoms. The van der Waals surface area contributed by atoms with Crippen molar-refractivity contribution in [1.29, 1.82) is 0 Å². The molecule has 0 aliphatic carbocycles. The van der Waals surface area contributed by atoms with Crippen LogP contribution in [0.3, 0.4) is 0 Å². The van der Waals surface area contributed by atoms with E-state index in [0.29, 0.717) is 24.3 Å². The molecule has 0 spiro atoms. The molecule has 33 heavy (non-hydrogen) atoms. The summed E-state index contributed by atoms with van der Waals surface area (Å²) in [6.07, 6.45) is -1.50. The molecular weight excluding hydrogens is 437 g/mol. The van der Waals surface area contributed by atoms with Crippen LogP contribution in [-0.4, -0.2) is 47.4 Å². The third kappa shape index (κ3) is 4.39. The molecule has 0 aromatic heterocycles. The van der Waals surface area contributed by atoms with Crippen molar-refractivity contribution in [2.75, 3.05) is 18.5 Å². The third-order valence-corrected chi connectivity index (χ3v) is 6.76. The SMILES string of the molecule is O=C(Nc1ccc(C2(O)COC2)cc1)N1C2CCC1CC(Oc1ccc(C(F)(F)F)cc1)C2. The Balaban J connectivity index is 1.18. The van der Waals surface area contributed by atoms with E-state index in [-0.39, 0.29) is 37.4 Å². The summed E-state index contributed by atoms with van der Waals surface area (Å²) in [6.45, 7) is 0.539. The number of hydrogen-bond donors (Lipinski definition) is 2. The van der Waals surface area contributed by atoms with Crippen LogP contribution in [0.2, 0.25) is 0 Å². The standard InChI is InChI=1S/C24H25F3N2O4/c25-24(26,27)16-3-9-20(10-4-16)33-21-11-18-7-8-19(12-21)29(18)22(30)28-17-5-1-15(2-6-17)23(31)13-32-14-23/h1-6,9-10,18-19,21,31H,7-8,11-14H2,(H,28,30). The van der Waals surface area contributed by atoms with Gasteiger partial charge >= 0.3 is 12.2 Å². The lowest BCUT2D eigenvalue weighted by Gasteiger charge is -2.39. The van der Waals surface area contributed by atoms with Crippen LogP contribution in [0.4, 0.5) is 23.7 Å². The second kappa shape index (κ2) is 8.22. The van der Waals surface area contributed by atoms with Crippen LogP contribution >= 0.6 is 0 Å². The van der Waals surface area contributed by atoms with E-state index in [1.165, 1.54) is 12.1 Å². The minimum atomic E-state index is -4.37. The zero-order valence-electron chi connectivity index (χ0n) is 17.8. The molecule has 9 heteroatoms. The first kappa shape index (κ1) is 22.0. The summed E-state index contributed by atoms with van der Waals surface area (Å²) in [5.41, 5.74) is -0.246. The first-order valence-corrected chi connectivity index (χ1v) is 11.1. The minimum absolute atomic E-state index is 0.0234. The van der Waals surface area contributed by atoms with E-state index >= 15 is 0 Å². The van der Waals surface area contributed by atoms with Crippen molar-refractivity contribution in [3.05, 3.63) is 59.7 Å². The fourth-order valence-electron chi connectivity index (χ4n) is 4.98. The average molecular weight is 462 g/mol. The number of nitrogens with one attached hydrogen (secondary N) is 1. The molecule has 2 unspecified atom stereocenters. The predicted octanol–water partition coefficient (Wildman–Crippen LogP) is 4.53. The molecule has 176 valence electrons. The second-order valence-electron chi connectivity index (χ2n) is 9.06. The van der Waals surface area contributed by atoms with Gasteiger partial charge in [-0.1, -0.05) is 12.1 Å². The largest absolute Gasteiger partial charge is 0.490 e. The molecule has 0 radical (unpaired) electrons. The van der Waals surface area contributed by atoms with E-state index in [2.05, 4.69) is 5.32 Å². The van der Waals surface area contributed by atoms with Gasteiger partial charge in [0.25, 0.3) is 0 Å². The topological polar surface area (TPSA) is 71.0 Å². The number of anilines is 1. The van der Waals surface area contributed by atoms with Gasteiger partial charge in [0.05, 0.1) is 18.8 Å². The number of benzene rings is 2. The Bertz CT molecular complexity index is 992. The predicted molar refractivity (Wildman–Crippen MR) is 114 cm³/mol. The van der Waals surface area contributed by atoms with Gasteiger partial charge < -0.3 is 24.8 Å². The molecule has 6 nitrogen and oxygen atoms in total. The maximum absolute atomic E-state index is 13.0. The number of fused-ring (bicyclic) bond motifs is 2. The molecule has 2 N–H and O–H groups in total. The lowest BCUT2D eigenvalue weighted by Crippen LogP contribution is -2.50. The van der Waals surface area contributed by atoms with Crippen molar-refractivity contribution >= 4 is 11.7 Å². The molecule has 3 fully saturated rings. The van der Waals surface area contributed by atoms with Crippen molar-refractivity contribution in [3.8, 4) is 5.75 Å². The van der Waals surface area contributed by atoms with E-state index in [0.717, 1.165) is 30.5 Å². The van der Waals surface area contributed by atoms with Gasteiger partial charge in [0.1, 0.15) is 17.5 Å². The average Bonchev–Trinajstić information content (AvgIpc) is 3.03. The van der Waals surface area contributed by atoms with Gasteiger partial charge in [0, 0.05) is 30.6 Å². The molecule has 5 rings (SSSR count). The van der Waals surface area contributed by atoms with Crippen LogP contribution in [0.1, 0.15) is 36.8 Å². The summed E-state index contributed by atoms with van der Waals surface area (Å²) in [6, 6.07) is 11.7. The number of hydrogen-bond acceptors (Lipinski definition) is 4. The van der Waals surface area contributed by atoms with Gasteiger partial charge in [0.2, 0.25) is 0 Å². The summed E-state index contributed by atoms with van der Waals surface area (Å²) in [5.74, 6) is 0.406. The van der Waals surface area contributed by atoms with Crippen molar-refractivity contribution < 1.29 is 32.5 Å². The van der Waals surface area contributed by atoms with Gasteiger partial charge in [-0.15, -0.1) is 0 Å². The Morgan fingerprint density at radius 1 is 1.03 bits per heavy atom. The number of halogens is 3. The maximum atomic E-state index is 13.0. The first-order valence-electron chi connectivity index (χ1n) is 11.1. The van der Waals surface area contributed by atoms with Crippen LogP contribution in [0.25, 0.3) is 0 Å². The Labute approximate surface area is 189 Å². The number of ether oxygens (including phenoxy) is 2. The number of piperidine rings is 1. The molecule has 3 aliphatic heterocycles. The third-order valence-electron chi connectivity index (χ3n) is 6.76. The van der Waals surface area contributed by atoms with Crippen molar-refractivity contribution in [3.63, 3.8) is 0 Å². The van der Waals surface area contributed by atoms with Crippen LogP contribution in [0, 0.1) is 0 Å². The highest BCUT2D eigenvalue weighted by atomic mass is 19.4. The number of carbonyl (C=O) groups excluding carboxylic acids is 1. The van der Waals surface area contributed by atoms with E-state index in [4.69, 9.17) is 9.47 Å². The Kier molecular flexibility index (Phi) is 5.49. The summed E-state index contributed by atoms with van der Waals surface area (Å²) < 4.78 is 49.3. The summed E-state index contributed by atoms with van der Waals surface area (Å²) in [5, 5.41) is 13.3. The van der Waals surface area contributed by atoms with E-state index < -0.39 is 17.3 Å². The van der Waals surface area contributed by atoms with Gasteiger partial charge in [-0.2, -0.15) is 13.2 Å². The molecule has 3 heterocycles. The molecule has 3 aliphatic rings. The Hall–Kier alpha value is -2.78.